The number of amides is 1. The second-order valence-electron chi connectivity index (χ2n) is 6.17. The van der Waals surface area contributed by atoms with E-state index >= 15 is 0 Å². The summed E-state index contributed by atoms with van der Waals surface area (Å²) in [5, 5.41) is 13.9. The minimum absolute atomic E-state index is 0.180. The van der Waals surface area contributed by atoms with Crippen molar-refractivity contribution in [3.05, 3.63) is 57.6 Å². The van der Waals surface area contributed by atoms with Gasteiger partial charge >= 0.3 is 5.97 Å². The minimum Gasteiger partial charge on any atom is -0.486 e. The van der Waals surface area contributed by atoms with Gasteiger partial charge in [0.1, 0.15) is 18.8 Å². The summed E-state index contributed by atoms with van der Waals surface area (Å²) in [5.74, 6) is -1.17. The fourth-order valence-electron chi connectivity index (χ4n) is 2.55. The third-order valence-corrected chi connectivity index (χ3v) is 4.05. The van der Waals surface area contributed by atoms with E-state index < -0.39 is 28.6 Å². The number of fused-ring (bicyclic) bond motifs is 1. The second kappa shape index (κ2) is 7.95. The fourth-order valence-corrected chi connectivity index (χ4v) is 2.55. The van der Waals surface area contributed by atoms with Gasteiger partial charge in [-0.15, -0.1) is 0 Å². The third kappa shape index (κ3) is 4.20. The number of nitrogens with zero attached hydrogens (tertiary/aromatic N) is 1. The topological polar surface area (TPSA) is 117 Å². The number of carbonyl (C=O) groups excluding carboxylic acids is 2. The lowest BCUT2D eigenvalue weighted by Gasteiger charge is -2.19. The smallest absolute Gasteiger partial charge is 0.346 e. The Labute approximate surface area is 160 Å². The van der Waals surface area contributed by atoms with Crippen LogP contribution >= 0.6 is 0 Å². The van der Waals surface area contributed by atoms with Crippen molar-refractivity contribution in [1.82, 2.24) is 0 Å². The molecule has 1 N–H and O–H groups in total. The summed E-state index contributed by atoms with van der Waals surface area (Å²) in [6.07, 6.45) is -1.17. The standard InChI is InChI=1S/C19H18N2O7/c1-11-3-5-13(6-4-11)20-18(22)12(2)28-19(23)14-9-16-17(27-8-7-26-16)10-15(14)21(24)25/h3-6,9-10,12H,7-8H2,1-2H3,(H,20,22)/t12-/m0/s1. The highest BCUT2D eigenvalue weighted by atomic mass is 16.6. The van der Waals surface area contributed by atoms with Gasteiger partial charge < -0.3 is 19.5 Å². The summed E-state index contributed by atoms with van der Waals surface area (Å²) in [6.45, 7) is 3.81. The molecule has 0 saturated carbocycles. The maximum atomic E-state index is 12.5. The van der Waals surface area contributed by atoms with Crippen LogP contribution in [0.1, 0.15) is 22.8 Å². The van der Waals surface area contributed by atoms with Crippen LogP contribution in [0.5, 0.6) is 11.5 Å². The summed E-state index contributed by atoms with van der Waals surface area (Å²) in [6, 6.07) is 9.39. The molecular formula is C19H18N2O7. The van der Waals surface area contributed by atoms with Gasteiger partial charge in [-0.05, 0) is 26.0 Å². The lowest BCUT2D eigenvalue weighted by atomic mass is 10.1. The first-order chi connectivity index (χ1) is 13.3. The largest absolute Gasteiger partial charge is 0.486 e. The van der Waals surface area contributed by atoms with E-state index in [2.05, 4.69) is 5.32 Å². The second-order valence-corrected chi connectivity index (χ2v) is 6.17. The first kappa shape index (κ1) is 19.2. The summed E-state index contributed by atoms with van der Waals surface area (Å²) >= 11 is 0. The van der Waals surface area contributed by atoms with Crippen molar-refractivity contribution in [2.24, 2.45) is 0 Å². The number of ether oxygens (including phenoxy) is 3. The van der Waals surface area contributed by atoms with Crippen molar-refractivity contribution >= 4 is 23.3 Å². The predicted octanol–water partition coefficient (Wildman–Crippen LogP) is 2.86. The number of hydrogen-bond donors (Lipinski definition) is 1. The van der Waals surface area contributed by atoms with Crippen LogP contribution in [-0.2, 0) is 9.53 Å². The maximum absolute atomic E-state index is 12.5. The summed E-state index contributed by atoms with van der Waals surface area (Å²) < 4.78 is 15.8. The Hall–Kier alpha value is -3.62. The van der Waals surface area contributed by atoms with Crippen LogP contribution in [0.2, 0.25) is 0 Å². The van der Waals surface area contributed by atoms with E-state index in [1.807, 2.05) is 19.1 Å². The number of nitrogens with one attached hydrogen (secondary N) is 1. The molecule has 0 aromatic heterocycles. The first-order valence-corrected chi connectivity index (χ1v) is 8.51. The zero-order valence-electron chi connectivity index (χ0n) is 15.3. The molecule has 0 saturated heterocycles. The number of carbonyl (C=O) groups is 2. The molecule has 2 aromatic rings. The molecule has 0 bridgehead atoms. The Bertz CT molecular complexity index is 925. The van der Waals surface area contributed by atoms with E-state index in [1.165, 1.54) is 13.0 Å². The Balaban J connectivity index is 1.75. The Kier molecular flexibility index (Phi) is 5.44. The van der Waals surface area contributed by atoms with E-state index in [9.17, 15) is 19.7 Å². The Morgan fingerprint density at radius 3 is 2.36 bits per heavy atom. The molecular weight excluding hydrogens is 368 g/mol. The van der Waals surface area contributed by atoms with Gasteiger partial charge in [-0.3, -0.25) is 14.9 Å². The molecule has 2 aromatic carbocycles. The molecule has 9 nitrogen and oxygen atoms in total. The van der Waals surface area contributed by atoms with Crippen molar-refractivity contribution in [3.8, 4) is 11.5 Å². The van der Waals surface area contributed by atoms with E-state index in [4.69, 9.17) is 14.2 Å². The molecule has 28 heavy (non-hydrogen) atoms. The molecule has 1 heterocycles. The van der Waals surface area contributed by atoms with Crippen molar-refractivity contribution in [3.63, 3.8) is 0 Å². The van der Waals surface area contributed by atoms with E-state index in [-0.39, 0.29) is 30.3 Å². The zero-order chi connectivity index (χ0) is 20.3. The van der Waals surface area contributed by atoms with Gasteiger partial charge in [-0.2, -0.15) is 0 Å². The molecule has 0 radical (unpaired) electrons. The van der Waals surface area contributed by atoms with Crippen molar-refractivity contribution in [2.45, 2.75) is 20.0 Å². The van der Waals surface area contributed by atoms with Crippen molar-refractivity contribution in [2.75, 3.05) is 18.5 Å². The molecule has 1 aliphatic heterocycles. The van der Waals surface area contributed by atoms with Crippen LogP contribution in [0.15, 0.2) is 36.4 Å². The molecule has 1 amide bonds. The average molecular weight is 386 g/mol. The molecule has 0 spiro atoms. The third-order valence-electron chi connectivity index (χ3n) is 4.05. The van der Waals surface area contributed by atoms with Crippen LogP contribution in [-0.4, -0.2) is 36.1 Å². The number of nitro benzene ring substituents is 1. The molecule has 0 fully saturated rings. The Morgan fingerprint density at radius 1 is 1.14 bits per heavy atom. The molecule has 146 valence electrons. The highest BCUT2D eigenvalue weighted by Gasteiger charge is 2.29. The van der Waals surface area contributed by atoms with Gasteiger partial charge in [-0.1, -0.05) is 17.7 Å². The SMILES string of the molecule is Cc1ccc(NC(=O)[C@H](C)OC(=O)c2cc3c(cc2[N+](=O)[O-])OCCO3)cc1. The fraction of sp³-hybridized carbons (Fsp3) is 0.263. The van der Waals surface area contributed by atoms with E-state index in [0.29, 0.717) is 5.69 Å². The van der Waals surface area contributed by atoms with Crippen LogP contribution < -0.4 is 14.8 Å². The van der Waals surface area contributed by atoms with Crippen molar-refractivity contribution < 1.29 is 28.7 Å². The van der Waals surface area contributed by atoms with Gasteiger partial charge in [0.2, 0.25) is 0 Å². The number of anilines is 1. The van der Waals surface area contributed by atoms with Gasteiger partial charge in [0.25, 0.3) is 11.6 Å². The first-order valence-electron chi connectivity index (χ1n) is 8.51. The number of aryl methyl sites for hydroxylation is 1. The van der Waals surface area contributed by atoms with Crippen LogP contribution in [0.3, 0.4) is 0 Å². The lowest BCUT2D eigenvalue weighted by Crippen LogP contribution is -2.30. The van der Waals surface area contributed by atoms with Gasteiger partial charge in [0.05, 0.1) is 11.0 Å². The summed E-state index contributed by atoms with van der Waals surface area (Å²) in [7, 11) is 0. The van der Waals surface area contributed by atoms with Gasteiger partial charge in [-0.25, -0.2) is 4.79 Å². The number of rotatable bonds is 5. The number of hydrogen-bond acceptors (Lipinski definition) is 7. The number of benzene rings is 2. The molecule has 3 rings (SSSR count). The van der Waals surface area contributed by atoms with Crippen LogP contribution in [0.25, 0.3) is 0 Å². The van der Waals surface area contributed by atoms with E-state index in [0.717, 1.165) is 11.6 Å². The number of esters is 1. The van der Waals surface area contributed by atoms with E-state index in [1.54, 1.807) is 12.1 Å². The monoisotopic (exact) mass is 386 g/mol. The zero-order valence-corrected chi connectivity index (χ0v) is 15.3. The molecule has 1 aliphatic rings. The number of nitro groups is 1. The minimum atomic E-state index is -1.17. The highest BCUT2D eigenvalue weighted by Crippen LogP contribution is 2.37. The Morgan fingerprint density at radius 2 is 1.75 bits per heavy atom. The maximum Gasteiger partial charge on any atom is 0.346 e. The van der Waals surface area contributed by atoms with Crippen LogP contribution in [0, 0.1) is 17.0 Å². The molecule has 0 aliphatic carbocycles. The van der Waals surface area contributed by atoms with Gasteiger partial charge in [0.15, 0.2) is 17.6 Å². The lowest BCUT2D eigenvalue weighted by molar-refractivity contribution is -0.385. The predicted molar refractivity (Wildman–Crippen MR) is 98.8 cm³/mol. The average Bonchev–Trinajstić information content (AvgIpc) is 2.68. The normalized spacial score (nSPS) is 13.4. The summed E-state index contributed by atoms with van der Waals surface area (Å²) in [4.78, 5) is 35.3. The molecule has 9 heteroatoms. The van der Waals surface area contributed by atoms with Crippen molar-refractivity contribution in [1.29, 1.82) is 0 Å². The van der Waals surface area contributed by atoms with Gasteiger partial charge in [0, 0.05) is 11.8 Å². The quantitative estimate of drug-likeness (QED) is 0.477. The molecule has 1 atom stereocenters. The summed E-state index contributed by atoms with van der Waals surface area (Å²) in [5.41, 5.74) is 0.775. The highest BCUT2D eigenvalue weighted by molar-refractivity contribution is 5.99. The van der Waals surface area contributed by atoms with Crippen LogP contribution in [0.4, 0.5) is 11.4 Å². The molecule has 0 unspecified atom stereocenters.